The van der Waals surface area contributed by atoms with Crippen LogP contribution in [0.15, 0.2) is 0 Å². The molecule has 1 unspecified atom stereocenters. The normalized spacial score (nSPS) is 19.8. The molecule has 102 valence electrons. The van der Waals surface area contributed by atoms with E-state index in [1.54, 1.807) is 5.92 Å². The van der Waals surface area contributed by atoms with E-state index < -0.39 is 11.9 Å². The van der Waals surface area contributed by atoms with E-state index in [4.69, 9.17) is 9.47 Å². The van der Waals surface area contributed by atoms with Crippen molar-refractivity contribution in [2.75, 3.05) is 20.3 Å². The predicted octanol–water partition coefficient (Wildman–Crippen LogP) is 1.73. The van der Waals surface area contributed by atoms with Gasteiger partial charge >= 0.3 is 11.9 Å². The average molecular weight is 262 g/mol. The van der Waals surface area contributed by atoms with Crippen LogP contribution in [0.5, 0.6) is 0 Å². The molecule has 0 aliphatic carbocycles. The summed E-state index contributed by atoms with van der Waals surface area (Å²) in [6.07, 6.45) is 2.72. The molecule has 0 aromatic rings. The van der Waals surface area contributed by atoms with Gasteiger partial charge in [0, 0.05) is 13.0 Å². The molecule has 1 saturated heterocycles. The first kappa shape index (κ1) is 14.9. The lowest BCUT2D eigenvalue weighted by Gasteiger charge is -2.22. The van der Waals surface area contributed by atoms with E-state index in [-0.39, 0.29) is 19.3 Å². The Kier molecular flexibility index (Phi) is 6.02. The lowest BCUT2D eigenvalue weighted by Crippen LogP contribution is -2.27. The molecule has 18 heavy (non-hydrogen) atoms. The maximum absolute atomic E-state index is 12.9. The van der Waals surface area contributed by atoms with Crippen molar-refractivity contribution in [2.45, 2.75) is 37.9 Å². The van der Waals surface area contributed by atoms with E-state index in [1.807, 2.05) is 0 Å². The Morgan fingerprint density at radius 1 is 1.50 bits per heavy atom. The summed E-state index contributed by atoms with van der Waals surface area (Å²) in [6, 6.07) is 0. The molecule has 1 atom stereocenters. The van der Waals surface area contributed by atoms with Gasteiger partial charge < -0.3 is 14.2 Å². The summed E-state index contributed by atoms with van der Waals surface area (Å²) in [6.45, 7) is 0.867. The van der Waals surface area contributed by atoms with Crippen molar-refractivity contribution < 1.29 is 27.8 Å². The van der Waals surface area contributed by atoms with Gasteiger partial charge in [-0.25, -0.2) is 4.79 Å². The number of hydrogen-bond acceptors (Lipinski definition) is 4. The predicted molar refractivity (Wildman–Crippen MR) is 58.9 cm³/mol. The summed E-state index contributed by atoms with van der Waals surface area (Å²) in [5.74, 6) is -1.63. The molecule has 6 heteroatoms. The second kappa shape index (κ2) is 7.29. The molecule has 0 saturated carbocycles. The van der Waals surface area contributed by atoms with Crippen LogP contribution in [0.2, 0.25) is 0 Å². The van der Waals surface area contributed by atoms with Gasteiger partial charge in [0.2, 0.25) is 0 Å². The van der Waals surface area contributed by atoms with Gasteiger partial charge in [0.05, 0.1) is 13.7 Å². The van der Waals surface area contributed by atoms with Gasteiger partial charge in [-0.3, -0.25) is 0 Å². The third-order valence-corrected chi connectivity index (χ3v) is 2.36. The van der Waals surface area contributed by atoms with Gasteiger partial charge in [-0.05, 0) is 25.2 Å². The van der Waals surface area contributed by atoms with E-state index in [9.17, 15) is 13.6 Å². The van der Waals surface area contributed by atoms with Crippen LogP contribution in [0.4, 0.5) is 8.78 Å². The van der Waals surface area contributed by atoms with Gasteiger partial charge in [0.25, 0.3) is 0 Å². The minimum atomic E-state index is -3.75. The van der Waals surface area contributed by atoms with Crippen LogP contribution in [-0.2, 0) is 19.0 Å². The van der Waals surface area contributed by atoms with E-state index in [1.165, 1.54) is 0 Å². The Morgan fingerprint density at radius 3 is 2.89 bits per heavy atom. The Morgan fingerprint density at radius 2 is 2.28 bits per heavy atom. The first-order valence-corrected chi connectivity index (χ1v) is 5.76. The molecular weight excluding hydrogens is 246 g/mol. The fourth-order valence-electron chi connectivity index (χ4n) is 1.44. The van der Waals surface area contributed by atoms with Crippen molar-refractivity contribution in [3.63, 3.8) is 0 Å². The number of esters is 1. The van der Waals surface area contributed by atoms with Crippen LogP contribution in [0.3, 0.4) is 0 Å². The summed E-state index contributed by atoms with van der Waals surface area (Å²) in [5.41, 5.74) is 0. The van der Waals surface area contributed by atoms with E-state index in [0.29, 0.717) is 6.61 Å². The molecule has 1 aliphatic heterocycles. The lowest BCUT2D eigenvalue weighted by molar-refractivity contribution is -0.161. The molecule has 0 amide bonds. The maximum atomic E-state index is 12.9. The van der Waals surface area contributed by atoms with Gasteiger partial charge in [-0.1, -0.05) is 5.92 Å². The fraction of sp³-hybridized carbons (Fsp3) is 0.750. The molecule has 4 nitrogen and oxygen atoms in total. The Balaban J connectivity index is 2.22. The first-order valence-electron chi connectivity index (χ1n) is 5.76. The van der Waals surface area contributed by atoms with E-state index in [2.05, 4.69) is 10.7 Å². The van der Waals surface area contributed by atoms with Crippen molar-refractivity contribution in [1.29, 1.82) is 0 Å². The molecule has 1 fully saturated rings. The zero-order chi connectivity index (χ0) is 13.4. The smallest absolute Gasteiger partial charge is 0.403 e. The van der Waals surface area contributed by atoms with Crippen molar-refractivity contribution >= 4 is 5.97 Å². The number of methoxy groups -OCH3 is 1. The maximum Gasteiger partial charge on any atom is 0.403 e. The topological polar surface area (TPSA) is 44.8 Å². The number of hydrogen-bond donors (Lipinski definition) is 0. The highest BCUT2D eigenvalue weighted by molar-refractivity contribution is 5.81. The Bertz CT molecular complexity index is 327. The van der Waals surface area contributed by atoms with Crippen molar-refractivity contribution in [3.05, 3.63) is 0 Å². The van der Waals surface area contributed by atoms with Crippen molar-refractivity contribution in [2.24, 2.45) is 0 Å². The van der Waals surface area contributed by atoms with Gasteiger partial charge in [0.1, 0.15) is 0 Å². The zero-order valence-electron chi connectivity index (χ0n) is 10.2. The van der Waals surface area contributed by atoms with Crippen LogP contribution in [0.25, 0.3) is 0 Å². The van der Waals surface area contributed by atoms with Crippen LogP contribution in [-0.4, -0.2) is 38.5 Å². The first-order chi connectivity index (χ1) is 8.56. The molecule has 1 aliphatic rings. The summed E-state index contributed by atoms with van der Waals surface area (Å²) in [5, 5.41) is 0. The highest BCUT2D eigenvalue weighted by atomic mass is 19.3. The van der Waals surface area contributed by atoms with Crippen molar-refractivity contribution in [3.8, 4) is 11.8 Å². The highest BCUT2D eigenvalue weighted by Gasteiger charge is 2.37. The molecule has 0 aromatic carbocycles. The third kappa shape index (κ3) is 4.98. The van der Waals surface area contributed by atoms with Crippen molar-refractivity contribution in [1.82, 2.24) is 0 Å². The van der Waals surface area contributed by atoms with Gasteiger partial charge in [-0.15, -0.1) is 0 Å². The van der Waals surface area contributed by atoms with Gasteiger partial charge in [0.15, 0.2) is 6.29 Å². The fourth-order valence-corrected chi connectivity index (χ4v) is 1.44. The molecule has 0 N–H and O–H groups in total. The summed E-state index contributed by atoms with van der Waals surface area (Å²) < 4.78 is 40.3. The minimum absolute atomic E-state index is 0.118. The molecular formula is C12H16F2O4. The Hall–Kier alpha value is -1.19. The Labute approximate surface area is 105 Å². The van der Waals surface area contributed by atoms with Crippen LogP contribution >= 0.6 is 0 Å². The van der Waals surface area contributed by atoms with Crippen LogP contribution in [0, 0.1) is 11.8 Å². The molecule has 0 radical (unpaired) electrons. The highest BCUT2D eigenvalue weighted by Crippen LogP contribution is 2.14. The number of rotatable bonds is 4. The molecule has 1 rings (SSSR count). The number of carbonyl (C=O) groups is 1. The van der Waals surface area contributed by atoms with E-state index >= 15 is 0 Å². The summed E-state index contributed by atoms with van der Waals surface area (Å²) in [7, 11) is 0.890. The zero-order valence-corrected chi connectivity index (χ0v) is 10.2. The van der Waals surface area contributed by atoms with E-state index in [0.717, 1.165) is 26.4 Å². The quantitative estimate of drug-likeness (QED) is 0.440. The SMILES string of the molecule is COC(=O)C(F)(F)C#CCCOC1CCCCO1. The number of halogens is 2. The minimum Gasteiger partial charge on any atom is -0.464 e. The molecule has 0 spiro atoms. The summed E-state index contributed by atoms with van der Waals surface area (Å²) in [4.78, 5) is 10.6. The summed E-state index contributed by atoms with van der Waals surface area (Å²) >= 11 is 0. The largest absolute Gasteiger partial charge is 0.464 e. The second-order valence-corrected chi connectivity index (χ2v) is 3.78. The third-order valence-electron chi connectivity index (χ3n) is 2.36. The number of alkyl halides is 2. The monoisotopic (exact) mass is 262 g/mol. The molecule has 0 bridgehead atoms. The second-order valence-electron chi connectivity index (χ2n) is 3.78. The van der Waals surface area contributed by atoms with Crippen LogP contribution < -0.4 is 0 Å². The molecule has 0 aromatic heterocycles. The average Bonchev–Trinajstić information content (AvgIpc) is 2.38. The molecule has 1 heterocycles. The lowest BCUT2D eigenvalue weighted by atomic mass is 10.2. The number of ether oxygens (including phenoxy) is 3. The van der Waals surface area contributed by atoms with Crippen LogP contribution in [0.1, 0.15) is 25.7 Å². The van der Waals surface area contributed by atoms with Gasteiger partial charge in [-0.2, -0.15) is 8.78 Å². The number of carbonyl (C=O) groups excluding carboxylic acids is 1. The standard InChI is InChI=1S/C12H16F2O4/c1-16-11(15)12(13,14)7-3-5-9-18-10-6-2-4-8-17-10/h10H,2,4-6,8-9H2,1H3.